The summed E-state index contributed by atoms with van der Waals surface area (Å²) in [5, 5.41) is 10.7. The van der Waals surface area contributed by atoms with Gasteiger partial charge in [0.1, 0.15) is 5.75 Å². The number of nitro groups is 1. The third-order valence-corrected chi connectivity index (χ3v) is 2.89. The number of hydrogen-bond donors (Lipinski definition) is 0. The molecule has 4 nitrogen and oxygen atoms in total. The summed E-state index contributed by atoms with van der Waals surface area (Å²) in [6.45, 7) is 4.84. The Balaban J connectivity index is 2.53. The van der Waals surface area contributed by atoms with Crippen molar-refractivity contribution < 1.29 is 9.66 Å². The second-order valence-electron chi connectivity index (χ2n) is 4.42. The van der Waals surface area contributed by atoms with Gasteiger partial charge in [-0.25, -0.2) is 0 Å². The van der Waals surface area contributed by atoms with Gasteiger partial charge >= 0.3 is 0 Å². The van der Waals surface area contributed by atoms with Crippen LogP contribution in [-0.2, 0) is 5.41 Å². The predicted octanol–water partition coefficient (Wildman–Crippen LogP) is 2.65. The molecule has 0 spiro atoms. The van der Waals surface area contributed by atoms with Gasteiger partial charge in [0.15, 0.2) is 0 Å². The van der Waals surface area contributed by atoms with Crippen molar-refractivity contribution in [1.82, 2.24) is 0 Å². The van der Waals surface area contributed by atoms with Gasteiger partial charge in [0.05, 0.1) is 11.5 Å². The molecule has 1 aliphatic heterocycles. The molecule has 0 bridgehead atoms. The van der Waals surface area contributed by atoms with Crippen LogP contribution in [0.2, 0.25) is 0 Å². The second-order valence-corrected chi connectivity index (χ2v) is 4.42. The second kappa shape index (κ2) is 3.22. The Hall–Kier alpha value is -1.58. The summed E-state index contributed by atoms with van der Waals surface area (Å²) < 4.78 is 5.47. The van der Waals surface area contributed by atoms with Crippen LogP contribution in [0.25, 0.3) is 0 Å². The first kappa shape index (κ1) is 9.96. The van der Waals surface area contributed by atoms with Gasteiger partial charge < -0.3 is 4.74 Å². The van der Waals surface area contributed by atoms with E-state index >= 15 is 0 Å². The smallest absolute Gasteiger partial charge is 0.269 e. The minimum Gasteiger partial charge on any atom is -0.493 e. The Morgan fingerprint density at radius 2 is 2.20 bits per heavy atom. The molecule has 0 aliphatic carbocycles. The van der Waals surface area contributed by atoms with E-state index in [0.29, 0.717) is 6.61 Å². The molecule has 4 heteroatoms. The maximum absolute atomic E-state index is 10.7. The molecule has 80 valence electrons. The Labute approximate surface area is 88.0 Å². The zero-order chi connectivity index (χ0) is 11.1. The minimum atomic E-state index is -0.370. The molecule has 1 aliphatic rings. The molecule has 0 N–H and O–H groups in total. The number of nitro benzene ring substituents is 1. The van der Waals surface area contributed by atoms with Crippen LogP contribution in [0.5, 0.6) is 5.75 Å². The lowest BCUT2D eigenvalue weighted by molar-refractivity contribution is -0.385. The van der Waals surface area contributed by atoms with Crippen molar-refractivity contribution in [2.75, 3.05) is 6.61 Å². The maximum Gasteiger partial charge on any atom is 0.269 e. The highest BCUT2D eigenvalue weighted by Gasteiger charge is 2.30. The molecule has 0 atom stereocenters. The van der Waals surface area contributed by atoms with Crippen molar-refractivity contribution >= 4 is 5.69 Å². The number of ether oxygens (including phenoxy) is 1. The average Bonchev–Trinajstić information content (AvgIpc) is 2.17. The van der Waals surface area contributed by atoms with Gasteiger partial charge in [-0.05, 0) is 17.9 Å². The first-order valence-electron chi connectivity index (χ1n) is 4.92. The van der Waals surface area contributed by atoms with Crippen LogP contribution in [0, 0.1) is 10.1 Å². The van der Waals surface area contributed by atoms with E-state index in [1.165, 1.54) is 6.07 Å². The van der Waals surface area contributed by atoms with Crippen molar-refractivity contribution in [1.29, 1.82) is 0 Å². The van der Waals surface area contributed by atoms with Gasteiger partial charge in [0, 0.05) is 17.7 Å². The zero-order valence-electron chi connectivity index (χ0n) is 8.82. The maximum atomic E-state index is 10.7. The predicted molar refractivity (Wildman–Crippen MR) is 56.2 cm³/mol. The van der Waals surface area contributed by atoms with E-state index in [1.54, 1.807) is 12.1 Å². The summed E-state index contributed by atoms with van der Waals surface area (Å²) in [4.78, 5) is 10.3. The van der Waals surface area contributed by atoms with E-state index in [9.17, 15) is 10.1 Å². The summed E-state index contributed by atoms with van der Waals surface area (Å²) in [7, 11) is 0. The normalized spacial score (nSPS) is 17.7. The molecule has 0 saturated carbocycles. The zero-order valence-corrected chi connectivity index (χ0v) is 8.82. The van der Waals surface area contributed by atoms with Crippen molar-refractivity contribution in [2.24, 2.45) is 0 Å². The fraction of sp³-hybridized carbons (Fsp3) is 0.455. The van der Waals surface area contributed by atoms with Crippen LogP contribution in [0.3, 0.4) is 0 Å². The monoisotopic (exact) mass is 207 g/mol. The number of fused-ring (bicyclic) bond motifs is 1. The van der Waals surface area contributed by atoms with Gasteiger partial charge in [-0.2, -0.15) is 0 Å². The standard InChI is InChI=1S/C11H13NO3/c1-11(2)5-6-15-10-4-3-8(12(13)14)7-9(10)11/h3-4,7H,5-6H2,1-2H3. The van der Waals surface area contributed by atoms with Gasteiger partial charge in [-0.1, -0.05) is 13.8 Å². The number of benzene rings is 1. The van der Waals surface area contributed by atoms with Gasteiger partial charge in [0.2, 0.25) is 0 Å². The van der Waals surface area contributed by atoms with Gasteiger partial charge in [-0.15, -0.1) is 0 Å². The fourth-order valence-corrected chi connectivity index (χ4v) is 1.84. The minimum absolute atomic E-state index is 0.0421. The topological polar surface area (TPSA) is 52.4 Å². The molecule has 15 heavy (non-hydrogen) atoms. The van der Waals surface area contributed by atoms with Crippen LogP contribution in [0.15, 0.2) is 18.2 Å². The van der Waals surface area contributed by atoms with Crippen LogP contribution in [0.4, 0.5) is 5.69 Å². The molecule has 0 amide bonds. The summed E-state index contributed by atoms with van der Waals surface area (Å²) in [6.07, 6.45) is 0.890. The Morgan fingerprint density at radius 1 is 1.47 bits per heavy atom. The first-order chi connectivity index (χ1) is 7.00. The van der Waals surface area contributed by atoms with E-state index in [-0.39, 0.29) is 16.0 Å². The molecule has 0 fully saturated rings. The lowest BCUT2D eigenvalue weighted by Gasteiger charge is -2.31. The first-order valence-corrected chi connectivity index (χ1v) is 4.92. The molecule has 0 aromatic heterocycles. The van der Waals surface area contributed by atoms with Crippen LogP contribution < -0.4 is 4.74 Å². The van der Waals surface area contributed by atoms with E-state index in [4.69, 9.17) is 4.74 Å². The highest BCUT2D eigenvalue weighted by Crippen LogP contribution is 2.39. The molecule has 2 rings (SSSR count). The van der Waals surface area contributed by atoms with E-state index < -0.39 is 0 Å². The highest BCUT2D eigenvalue weighted by molar-refractivity contribution is 5.48. The Morgan fingerprint density at radius 3 is 2.87 bits per heavy atom. The van der Waals surface area contributed by atoms with Crippen molar-refractivity contribution in [3.63, 3.8) is 0 Å². The number of non-ortho nitro benzene ring substituents is 1. The summed E-state index contributed by atoms with van der Waals surface area (Å²) in [6, 6.07) is 4.79. The summed E-state index contributed by atoms with van der Waals surface area (Å²) in [5.74, 6) is 0.775. The number of hydrogen-bond acceptors (Lipinski definition) is 3. The number of nitrogens with zero attached hydrogens (tertiary/aromatic N) is 1. The van der Waals surface area contributed by atoms with Gasteiger partial charge in [0.25, 0.3) is 5.69 Å². The van der Waals surface area contributed by atoms with E-state index in [0.717, 1.165) is 17.7 Å². The van der Waals surface area contributed by atoms with Crippen molar-refractivity contribution in [3.05, 3.63) is 33.9 Å². The molecule has 0 unspecified atom stereocenters. The fourth-order valence-electron chi connectivity index (χ4n) is 1.84. The Bertz CT molecular complexity index is 412. The molecule has 0 saturated heterocycles. The molecule has 1 heterocycles. The van der Waals surface area contributed by atoms with E-state index in [2.05, 4.69) is 13.8 Å². The summed E-state index contributed by atoms with van der Waals surface area (Å²) in [5.41, 5.74) is 1.02. The van der Waals surface area contributed by atoms with Gasteiger partial charge in [-0.3, -0.25) is 10.1 Å². The molecule has 1 aromatic carbocycles. The molecular weight excluding hydrogens is 194 g/mol. The van der Waals surface area contributed by atoms with Crippen LogP contribution >= 0.6 is 0 Å². The lowest BCUT2D eigenvalue weighted by atomic mass is 9.80. The Kier molecular flexibility index (Phi) is 2.14. The third kappa shape index (κ3) is 1.67. The SMILES string of the molecule is CC1(C)CCOc2ccc([N+](=O)[O-])cc21. The highest BCUT2D eigenvalue weighted by atomic mass is 16.6. The largest absolute Gasteiger partial charge is 0.493 e. The van der Waals surface area contributed by atoms with Crippen molar-refractivity contribution in [2.45, 2.75) is 25.7 Å². The molecule has 1 aromatic rings. The lowest BCUT2D eigenvalue weighted by Crippen LogP contribution is -2.26. The van der Waals surface area contributed by atoms with E-state index in [1.807, 2.05) is 0 Å². The van der Waals surface area contributed by atoms with Crippen LogP contribution in [0.1, 0.15) is 25.8 Å². The number of rotatable bonds is 1. The molecular formula is C11H13NO3. The third-order valence-electron chi connectivity index (χ3n) is 2.89. The van der Waals surface area contributed by atoms with Crippen LogP contribution in [-0.4, -0.2) is 11.5 Å². The quantitative estimate of drug-likeness (QED) is 0.525. The molecule has 0 radical (unpaired) electrons. The average molecular weight is 207 g/mol. The van der Waals surface area contributed by atoms with Crippen molar-refractivity contribution in [3.8, 4) is 5.75 Å². The summed E-state index contributed by atoms with van der Waals surface area (Å²) >= 11 is 0.